The molecule has 0 heterocycles. The van der Waals surface area contributed by atoms with Crippen LogP contribution in [0.25, 0.3) is 0 Å². The second-order valence-electron chi connectivity index (χ2n) is 6.45. The largest absolute Gasteiger partial charge is 0.508 e. The molecule has 5 nitrogen and oxygen atoms in total. The van der Waals surface area contributed by atoms with Crippen LogP contribution in [0.2, 0.25) is 0 Å². The first-order valence-electron chi connectivity index (χ1n) is 8.90. The molecule has 0 aliphatic carbocycles. The van der Waals surface area contributed by atoms with Crippen molar-refractivity contribution >= 4 is 5.91 Å². The van der Waals surface area contributed by atoms with Gasteiger partial charge in [-0.05, 0) is 43.0 Å². The quantitative estimate of drug-likeness (QED) is 0.610. The Balaban J connectivity index is 1.91. The molecule has 0 fully saturated rings. The van der Waals surface area contributed by atoms with Crippen LogP contribution in [-0.2, 0) is 22.4 Å². The lowest BCUT2D eigenvalue weighted by Crippen LogP contribution is -2.41. The molecule has 0 saturated heterocycles. The molecule has 2 atom stereocenters. The number of aliphatic hydroxyl groups is 1. The van der Waals surface area contributed by atoms with Crippen LogP contribution in [0.4, 0.5) is 0 Å². The summed E-state index contributed by atoms with van der Waals surface area (Å²) in [5.41, 5.74) is 2.12. The van der Waals surface area contributed by atoms with Crippen LogP contribution in [0.15, 0.2) is 54.6 Å². The lowest BCUT2D eigenvalue weighted by molar-refractivity contribution is -0.122. The number of benzene rings is 2. The van der Waals surface area contributed by atoms with Gasteiger partial charge in [-0.2, -0.15) is 0 Å². The number of amides is 1. The zero-order valence-corrected chi connectivity index (χ0v) is 15.1. The zero-order valence-electron chi connectivity index (χ0n) is 15.1. The van der Waals surface area contributed by atoms with Crippen LogP contribution in [0.1, 0.15) is 24.5 Å². The Labute approximate surface area is 154 Å². The van der Waals surface area contributed by atoms with Crippen LogP contribution in [-0.4, -0.2) is 41.5 Å². The van der Waals surface area contributed by atoms with E-state index in [1.54, 1.807) is 19.1 Å². The molecule has 5 heteroatoms. The number of carbonyl (C=O) groups is 1. The van der Waals surface area contributed by atoms with E-state index in [0.29, 0.717) is 25.9 Å². The second-order valence-corrected chi connectivity index (χ2v) is 6.45. The fourth-order valence-corrected chi connectivity index (χ4v) is 2.60. The predicted molar refractivity (Wildman–Crippen MR) is 101 cm³/mol. The third-order valence-electron chi connectivity index (χ3n) is 4.11. The van der Waals surface area contributed by atoms with Gasteiger partial charge in [0.15, 0.2) is 0 Å². The maximum absolute atomic E-state index is 12.3. The van der Waals surface area contributed by atoms with E-state index in [4.69, 9.17) is 9.84 Å². The smallest absolute Gasteiger partial charge is 0.220 e. The van der Waals surface area contributed by atoms with Crippen molar-refractivity contribution in [3.8, 4) is 5.75 Å². The number of hydrogen-bond acceptors (Lipinski definition) is 4. The van der Waals surface area contributed by atoms with Crippen LogP contribution < -0.4 is 5.32 Å². The maximum Gasteiger partial charge on any atom is 0.220 e. The monoisotopic (exact) mass is 357 g/mol. The number of rotatable bonds is 10. The molecule has 0 spiro atoms. The van der Waals surface area contributed by atoms with Crippen LogP contribution >= 0.6 is 0 Å². The van der Waals surface area contributed by atoms with Gasteiger partial charge in [-0.25, -0.2) is 0 Å². The summed E-state index contributed by atoms with van der Waals surface area (Å²) in [6, 6.07) is 16.6. The summed E-state index contributed by atoms with van der Waals surface area (Å²) in [6.07, 6.45) is 1.41. The highest BCUT2D eigenvalue weighted by molar-refractivity contribution is 5.76. The Morgan fingerprint density at radius 3 is 2.42 bits per heavy atom. The summed E-state index contributed by atoms with van der Waals surface area (Å²) in [4.78, 5) is 12.3. The average molecular weight is 357 g/mol. The third kappa shape index (κ3) is 7.25. The van der Waals surface area contributed by atoms with E-state index < -0.39 is 0 Å². The number of aromatic hydroxyl groups is 1. The molecule has 0 unspecified atom stereocenters. The van der Waals surface area contributed by atoms with Gasteiger partial charge in [-0.1, -0.05) is 42.5 Å². The van der Waals surface area contributed by atoms with E-state index in [9.17, 15) is 9.90 Å². The number of carbonyl (C=O) groups excluding carboxylic acids is 1. The van der Waals surface area contributed by atoms with Crippen LogP contribution in [0.5, 0.6) is 5.75 Å². The molecule has 0 aliphatic heterocycles. The molecule has 26 heavy (non-hydrogen) atoms. The number of aryl methyl sites for hydroxylation is 1. The number of phenols is 1. The van der Waals surface area contributed by atoms with Gasteiger partial charge in [0.05, 0.1) is 25.4 Å². The first-order valence-corrected chi connectivity index (χ1v) is 8.90. The number of aliphatic hydroxyl groups excluding tert-OH is 1. The maximum atomic E-state index is 12.3. The van der Waals surface area contributed by atoms with Crippen LogP contribution in [0.3, 0.4) is 0 Å². The number of ether oxygens (including phenoxy) is 1. The highest BCUT2D eigenvalue weighted by Crippen LogP contribution is 2.12. The summed E-state index contributed by atoms with van der Waals surface area (Å²) in [5, 5.41) is 21.5. The molecule has 0 aromatic heterocycles. The number of hydrogen-bond donors (Lipinski definition) is 3. The minimum atomic E-state index is -0.279. The molecule has 140 valence electrons. The van der Waals surface area contributed by atoms with Gasteiger partial charge in [0, 0.05) is 6.42 Å². The number of phenolic OH excluding ortho intramolecular Hbond substituents is 1. The normalized spacial score (nSPS) is 13.2. The summed E-state index contributed by atoms with van der Waals surface area (Å²) in [6.45, 7) is 2.04. The second kappa shape index (κ2) is 10.6. The molecule has 2 rings (SSSR count). The Hall–Kier alpha value is -2.37. The Morgan fingerprint density at radius 1 is 1.08 bits per heavy atom. The fraction of sp³-hybridized carbons (Fsp3) is 0.381. The van der Waals surface area contributed by atoms with E-state index in [1.807, 2.05) is 42.5 Å². The zero-order chi connectivity index (χ0) is 18.8. The van der Waals surface area contributed by atoms with E-state index in [0.717, 1.165) is 11.1 Å². The minimum absolute atomic E-state index is 0.0297. The molecule has 0 bridgehead atoms. The molecular formula is C21H27NO4. The molecule has 0 radical (unpaired) electrons. The summed E-state index contributed by atoms with van der Waals surface area (Å²) in [7, 11) is 0. The SMILES string of the molecule is C[C@@H](CO)OC[C@@H](Cc1ccc(O)cc1)NC(=O)CCc1ccccc1. The van der Waals surface area contributed by atoms with Crippen molar-refractivity contribution in [3.05, 3.63) is 65.7 Å². The molecular weight excluding hydrogens is 330 g/mol. The van der Waals surface area contributed by atoms with Crippen molar-refractivity contribution < 1.29 is 19.7 Å². The standard InChI is InChI=1S/C21H27NO4/c1-16(14-23)26-15-19(13-18-7-10-20(24)11-8-18)22-21(25)12-9-17-5-3-2-4-6-17/h2-8,10-11,16,19,23-24H,9,12-15H2,1H3,(H,22,25)/t16-,19+/m0/s1. The molecule has 0 aliphatic rings. The Kier molecular flexibility index (Phi) is 8.12. The van der Waals surface area contributed by atoms with Gasteiger partial charge >= 0.3 is 0 Å². The molecule has 1 amide bonds. The highest BCUT2D eigenvalue weighted by Gasteiger charge is 2.15. The van der Waals surface area contributed by atoms with Crippen molar-refractivity contribution in [1.29, 1.82) is 0 Å². The van der Waals surface area contributed by atoms with E-state index in [2.05, 4.69) is 5.32 Å². The molecule has 2 aromatic rings. The predicted octanol–water partition coefficient (Wildman–Crippen LogP) is 2.45. The summed E-state index contributed by atoms with van der Waals surface area (Å²) < 4.78 is 5.60. The van der Waals surface area contributed by atoms with Crippen molar-refractivity contribution in [3.63, 3.8) is 0 Å². The fourth-order valence-electron chi connectivity index (χ4n) is 2.60. The topological polar surface area (TPSA) is 78.8 Å². The van der Waals surface area contributed by atoms with Crippen molar-refractivity contribution in [1.82, 2.24) is 5.32 Å². The Bertz CT molecular complexity index is 657. The van der Waals surface area contributed by atoms with E-state index >= 15 is 0 Å². The Morgan fingerprint density at radius 2 is 1.77 bits per heavy atom. The lowest BCUT2D eigenvalue weighted by atomic mass is 10.1. The van der Waals surface area contributed by atoms with Crippen molar-refractivity contribution in [2.75, 3.05) is 13.2 Å². The van der Waals surface area contributed by atoms with E-state index in [1.165, 1.54) is 0 Å². The van der Waals surface area contributed by atoms with Crippen molar-refractivity contribution in [2.24, 2.45) is 0 Å². The van der Waals surface area contributed by atoms with Gasteiger partial charge in [0.1, 0.15) is 5.75 Å². The first kappa shape index (κ1) is 19.9. The third-order valence-corrected chi connectivity index (χ3v) is 4.11. The van der Waals surface area contributed by atoms with Gasteiger partial charge in [-0.15, -0.1) is 0 Å². The average Bonchev–Trinajstić information content (AvgIpc) is 2.66. The van der Waals surface area contributed by atoms with Gasteiger partial charge in [-0.3, -0.25) is 4.79 Å². The van der Waals surface area contributed by atoms with Gasteiger partial charge in [0.25, 0.3) is 0 Å². The van der Waals surface area contributed by atoms with Gasteiger partial charge in [0.2, 0.25) is 5.91 Å². The molecule has 2 aromatic carbocycles. The molecule has 0 saturated carbocycles. The summed E-state index contributed by atoms with van der Waals surface area (Å²) >= 11 is 0. The minimum Gasteiger partial charge on any atom is -0.508 e. The first-order chi connectivity index (χ1) is 12.6. The summed E-state index contributed by atoms with van der Waals surface area (Å²) in [5.74, 6) is 0.181. The number of nitrogens with one attached hydrogen (secondary N) is 1. The van der Waals surface area contributed by atoms with Crippen LogP contribution in [0, 0.1) is 0 Å². The molecule has 3 N–H and O–H groups in total. The highest BCUT2D eigenvalue weighted by atomic mass is 16.5. The van der Waals surface area contributed by atoms with E-state index in [-0.39, 0.29) is 30.4 Å². The van der Waals surface area contributed by atoms with Crippen molar-refractivity contribution in [2.45, 2.75) is 38.3 Å². The lowest BCUT2D eigenvalue weighted by Gasteiger charge is -2.21. The van der Waals surface area contributed by atoms with Gasteiger partial charge < -0.3 is 20.3 Å².